The third-order valence-electron chi connectivity index (χ3n) is 3.00. The van der Waals surface area contributed by atoms with Crippen LogP contribution in [-0.4, -0.2) is 24.2 Å². The largest absolute Gasteiger partial charge is 0.492 e. The van der Waals surface area contributed by atoms with Crippen molar-refractivity contribution in [3.8, 4) is 5.75 Å². The summed E-state index contributed by atoms with van der Waals surface area (Å²) in [6, 6.07) is 9.74. The minimum absolute atomic E-state index is 0.238. The van der Waals surface area contributed by atoms with Crippen LogP contribution in [0.5, 0.6) is 5.75 Å². The SMILES string of the molecule is CCNC(COc1ccc(Cl)cc1)Cc1cncc(Br)c1. The van der Waals surface area contributed by atoms with Gasteiger partial charge in [0.15, 0.2) is 0 Å². The molecule has 21 heavy (non-hydrogen) atoms. The predicted molar refractivity (Wildman–Crippen MR) is 90.1 cm³/mol. The van der Waals surface area contributed by atoms with Crippen molar-refractivity contribution in [3.05, 3.63) is 57.8 Å². The summed E-state index contributed by atoms with van der Waals surface area (Å²) in [5.41, 5.74) is 1.18. The molecule has 1 aromatic carbocycles. The van der Waals surface area contributed by atoms with E-state index < -0.39 is 0 Å². The second-order valence-corrected chi connectivity index (χ2v) is 6.09. The van der Waals surface area contributed by atoms with Crippen molar-refractivity contribution >= 4 is 27.5 Å². The van der Waals surface area contributed by atoms with E-state index in [-0.39, 0.29) is 6.04 Å². The Labute approximate surface area is 138 Å². The number of pyridine rings is 1. The van der Waals surface area contributed by atoms with Gasteiger partial charge in [0.05, 0.1) is 0 Å². The van der Waals surface area contributed by atoms with Crippen LogP contribution < -0.4 is 10.1 Å². The first-order valence-electron chi connectivity index (χ1n) is 6.88. The van der Waals surface area contributed by atoms with E-state index in [2.05, 4.69) is 39.2 Å². The van der Waals surface area contributed by atoms with E-state index in [4.69, 9.17) is 16.3 Å². The van der Waals surface area contributed by atoms with Gasteiger partial charge < -0.3 is 10.1 Å². The molecule has 2 aromatic rings. The monoisotopic (exact) mass is 368 g/mol. The van der Waals surface area contributed by atoms with Crippen LogP contribution in [0.4, 0.5) is 0 Å². The van der Waals surface area contributed by atoms with E-state index in [9.17, 15) is 0 Å². The lowest BCUT2D eigenvalue weighted by atomic mass is 10.1. The van der Waals surface area contributed by atoms with Gasteiger partial charge in [0.1, 0.15) is 12.4 Å². The molecule has 0 bridgehead atoms. The van der Waals surface area contributed by atoms with E-state index in [0.29, 0.717) is 11.6 Å². The minimum Gasteiger partial charge on any atom is -0.492 e. The van der Waals surface area contributed by atoms with E-state index in [1.807, 2.05) is 30.5 Å². The Morgan fingerprint density at radius 1 is 1.29 bits per heavy atom. The van der Waals surface area contributed by atoms with Crippen LogP contribution in [-0.2, 0) is 6.42 Å². The first kappa shape index (κ1) is 16.3. The van der Waals surface area contributed by atoms with Crippen molar-refractivity contribution in [2.75, 3.05) is 13.2 Å². The highest BCUT2D eigenvalue weighted by atomic mass is 79.9. The Kier molecular flexibility index (Phi) is 6.49. The number of rotatable bonds is 7. The molecule has 0 saturated heterocycles. The fourth-order valence-electron chi connectivity index (χ4n) is 2.06. The van der Waals surface area contributed by atoms with Gasteiger partial charge in [-0.05, 0) is 64.8 Å². The molecule has 0 fully saturated rings. The van der Waals surface area contributed by atoms with E-state index >= 15 is 0 Å². The van der Waals surface area contributed by atoms with Crippen molar-refractivity contribution in [3.63, 3.8) is 0 Å². The number of ether oxygens (including phenoxy) is 1. The van der Waals surface area contributed by atoms with Gasteiger partial charge in [0.25, 0.3) is 0 Å². The van der Waals surface area contributed by atoms with Gasteiger partial charge in [0, 0.05) is 27.9 Å². The maximum absolute atomic E-state index is 5.87. The molecule has 0 aliphatic carbocycles. The molecule has 1 aromatic heterocycles. The zero-order valence-electron chi connectivity index (χ0n) is 11.9. The molecule has 1 atom stereocenters. The molecule has 0 saturated carbocycles. The maximum atomic E-state index is 5.87. The molecule has 1 heterocycles. The lowest BCUT2D eigenvalue weighted by Gasteiger charge is -2.18. The summed E-state index contributed by atoms with van der Waals surface area (Å²) in [5, 5.41) is 4.15. The second kappa shape index (κ2) is 8.37. The third kappa shape index (κ3) is 5.65. The summed E-state index contributed by atoms with van der Waals surface area (Å²) in [5.74, 6) is 0.828. The molecule has 0 aliphatic rings. The van der Waals surface area contributed by atoms with E-state index in [1.54, 1.807) is 6.20 Å². The van der Waals surface area contributed by atoms with Crippen molar-refractivity contribution in [2.45, 2.75) is 19.4 Å². The molecule has 112 valence electrons. The number of benzene rings is 1. The maximum Gasteiger partial charge on any atom is 0.119 e. The van der Waals surface area contributed by atoms with Gasteiger partial charge in [-0.15, -0.1) is 0 Å². The first-order valence-corrected chi connectivity index (χ1v) is 8.05. The molecule has 2 rings (SSSR count). The fraction of sp³-hybridized carbons (Fsp3) is 0.312. The Hall–Kier alpha value is -1.10. The number of nitrogens with one attached hydrogen (secondary N) is 1. The number of hydrogen-bond acceptors (Lipinski definition) is 3. The Morgan fingerprint density at radius 2 is 2.05 bits per heavy atom. The number of aromatic nitrogens is 1. The summed E-state index contributed by atoms with van der Waals surface area (Å²) in [7, 11) is 0. The van der Waals surface area contributed by atoms with E-state index in [0.717, 1.165) is 23.2 Å². The van der Waals surface area contributed by atoms with Crippen LogP contribution in [0.25, 0.3) is 0 Å². The van der Waals surface area contributed by atoms with Crippen LogP contribution in [0.1, 0.15) is 12.5 Å². The highest BCUT2D eigenvalue weighted by Crippen LogP contribution is 2.16. The van der Waals surface area contributed by atoms with Gasteiger partial charge in [-0.25, -0.2) is 0 Å². The van der Waals surface area contributed by atoms with Gasteiger partial charge in [0.2, 0.25) is 0 Å². The highest BCUT2D eigenvalue weighted by molar-refractivity contribution is 9.10. The Morgan fingerprint density at radius 3 is 2.71 bits per heavy atom. The fourth-order valence-corrected chi connectivity index (χ4v) is 2.60. The molecule has 0 amide bonds. The quantitative estimate of drug-likeness (QED) is 0.798. The highest BCUT2D eigenvalue weighted by Gasteiger charge is 2.10. The zero-order valence-corrected chi connectivity index (χ0v) is 14.2. The topological polar surface area (TPSA) is 34.1 Å². The summed E-state index contributed by atoms with van der Waals surface area (Å²) in [4.78, 5) is 4.20. The lowest BCUT2D eigenvalue weighted by Crippen LogP contribution is -2.36. The average Bonchev–Trinajstić information content (AvgIpc) is 2.47. The van der Waals surface area contributed by atoms with Crippen LogP contribution in [0, 0.1) is 0 Å². The van der Waals surface area contributed by atoms with E-state index in [1.165, 1.54) is 5.56 Å². The van der Waals surface area contributed by atoms with Crippen molar-refractivity contribution in [2.24, 2.45) is 0 Å². The van der Waals surface area contributed by atoms with Gasteiger partial charge >= 0.3 is 0 Å². The number of nitrogens with zero attached hydrogens (tertiary/aromatic N) is 1. The van der Waals surface area contributed by atoms with Gasteiger partial charge in [-0.3, -0.25) is 4.98 Å². The first-order chi connectivity index (χ1) is 10.2. The molecule has 1 N–H and O–H groups in total. The van der Waals surface area contributed by atoms with Gasteiger partial charge in [-0.2, -0.15) is 0 Å². The number of hydrogen-bond donors (Lipinski definition) is 1. The molecule has 0 radical (unpaired) electrons. The number of halogens is 2. The smallest absolute Gasteiger partial charge is 0.119 e. The molecule has 3 nitrogen and oxygen atoms in total. The second-order valence-electron chi connectivity index (χ2n) is 4.74. The Balaban J connectivity index is 1.93. The standard InChI is InChI=1S/C16H18BrClN2O/c1-2-20-15(8-12-7-13(17)10-19-9-12)11-21-16-5-3-14(18)4-6-16/h3-7,9-10,15,20H,2,8,11H2,1H3. The summed E-state index contributed by atoms with van der Waals surface area (Å²) < 4.78 is 6.82. The lowest BCUT2D eigenvalue weighted by molar-refractivity contribution is 0.265. The molecular weight excluding hydrogens is 352 g/mol. The van der Waals surface area contributed by atoms with Gasteiger partial charge in [-0.1, -0.05) is 18.5 Å². The molecule has 0 spiro atoms. The molecule has 0 aliphatic heterocycles. The van der Waals surface area contributed by atoms with Crippen molar-refractivity contribution in [1.82, 2.24) is 10.3 Å². The predicted octanol–water partition coefficient (Wildman–Crippen LogP) is 4.10. The summed E-state index contributed by atoms with van der Waals surface area (Å²) in [6.07, 6.45) is 4.54. The Bertz CT molecular complexity index is 562. The third-order valence-corrected chi connectivity index (χ3v) is 3.69. The zero-order chi connectivity index (χ0) is 15.1. The van der Waals surface area contributed by atoms with Crippen LogP contribution in [0.15, 0.2) is 47.2 Å². The molecule has 5 heteroatoms. The molecular formula is C16H18BrClN2O. The average molecular weight is 370 g/mol. The van der Waals surface area contributed by atoms with Crippen molar-refractivity contribution in [1.29, 1.82) is 0 Å². The summed E-state index contributed by atoms with van der Waals surface area (Å²) in [6.45, 7) is 3.59. The van der Waals surface area contributed by atoms with Crippen LogP contribution in [0.2, 0.25) is 5.02 Å². The minimum atomic E-state index is 0.238. The van der Waals surface area contributed by atoms with Crippen LogP contribution >= 0.6 is 27.5 Å². The summed E-state index contributed by atoms with van der Waals surface area (Å²) >= 11 is 9.31. The molecule has 1 unspecified atom stereocenters. The normalized spacial score (nSPS) is 12.1. The van der Waals surface area contributed by atoms with Crippen LogP contribution in [0.3, 0.4) is 0 Å². The number of likely N-dealkylation sites (N-methyl/N-ethyl adjacent to an activating group) is 1. The van der Waals surface area contributed by atoms with Crippen molar-refractivity contribution < 1.29 is 4.74 Å².